The average Bonchev–Trinajstić information content (AvgIpc) is 3.08. The molecule has 132 valence electrons. The molecule has 0 bridgehead atoms. The van der Waals surface area contributed by atoms with Crippen LogP contribution in [-0.4, -0.2) is 48.9 Å². The quantitative estimate of drug-likeness (QED) is 0.692. The van der Waals surface area contributed by atoms with Crippen LogP contribution >= 0.6 is 11.6 Å². The maximum atomic E-state index is 9.33. The van der Waals surface area contributed by atoms with E-state index in [0.717, 1.165) is 42.3 Å². The average molecular weight is 368 g/mol. The van der Waals surface area contributed by atoms with E-state index in [4.69, 9.17) is 11.6 Å². The molecule has 1 aliphatic carbocycles. The van der Waals surface area contributed by atoms with E-state index in [9.17, 15) is 5.26 Å². The van der Waals surface area contributed by atoms with Gasteiger partial charge in [-0.05, 0) is 24.8 Å². The Morgan fingerprint density at radius 3 is 2.88 bits per heavy atom. The summed E-state index contributed by atoms with van der Waals surface area (Å²) in [5, 5.41) is 18.5. The van der Waals surface area contributed by atoms with Crippen molar-refractivity contribution in [1.29, 1.82) is 5.26 Å². The van der Waals surface area contributed by atoms with Gasteiger partial charge in [0.1, 0.15) is 16.4 Å². The third-order valence-corrected chi connectivity index (χ3v) is 5.54. The molecule has 0 aromatic carbocycles. The third kappa shape index (κ3) is 2.57. The predicted molar refractivity (Wildman–Crippen MR) is 96.6 cm³/mol. The van der Waals surface area contributed by atoms with Crippen LogP contribution in [-0.2, 0) is 5.54 Å². The highest BCUT2D eigenvalue weighted by atomic mass is 35.5. The van der Waals surface area contributed by atoms with Gasteiger partial charge in [0.15, 0.2) is 0 Å². The van der Waals surface area contributed by atoms with Crippen LogP contribution in [0.3, 0.4) is 0 Å². The Morgan fingerprint density at radius 1 is 1.27 bits per heavy atom. The van der Waals surface area contributed by atoms with E-state index in [-0.39, 0.29) is 5.54 Å². The number of hydrogen-bond acceptors (Lipinski definition) is 5. The summed E-state index contributed by atoms with van der Waals surface area (Å²) in [7, 11) is 0. The van der Waals surface area contributed by atoms with E-state index in [2.05, 4.69) is 26.2 Å². The van der Waals surface area contributed by atoms with Crippen molar-refractivity contribution in [3.05, 3.63) is 36.0 Å². The normalized spacial score (nSPS) is 19.4. The second kappa shape index (κ2) is 5.79. The highest BCUT2D eigenvalue weighted by Crippen LogP contribution is 2.38. The molecule has 1 saturated heterocycles. The monoisotopic (exact) mass is 367 g/mol. The molecule has 0 amide bonds. The zero-order valence-corrected chi connectivity index (χ0v) is 15.0. The molecule has 5 rings (SSSR count). The molecule has 3 aromatic rings. The van der Waals surface area contributed by atoms with Gasteiger partial charge in [-0.25, -0.2) is 9.50 Å². The molecule has 7 nitrogen and oxygen atoms in total. The topological polar surface area (TPSA) is 75.0 Å². The summed E-state index contributed by atoms with van der Waals surface area (Å²) in [4.78, 5) is 6.90. The largest absolute Gasteiger partial charge is 0.298 e. The first-order valence-electron chi connectivity index (χ1n) is 8.82. The van der Waals surface area contributed by atoms with Crippen molar-refractivity contribution in [2.24, 2.45) is 5.92 Å². The summed E-state index contributed by atoms with van der Waals surface area (Å²) in [6.45, 7) is 2.90. The van der Waals surface area contributed by atoms with Crippen LogP contribution in [0.15, 0.2) is 30.9 Å². The van der Waals surface area contributed by atoms with Crippen LogP contribution in [0.1, 0.15) is 19.3 Å². The Bertz CT molecular complexity index is 1000. The highest BCUT2D eigenvalue weighted by molar-refractivity contribution is 6.29. The van der Waals surface area contributed by atoms with E-state index in [0.29, 0.717) is 11.6 Å². The lowest BCUT2D eigenvalue weighted by atomic mass is 9.86. The minimum atomic E-state index is -0.239. The first-order chi connectivity index (χ1) is 12.7. The second-order valence-corrected chi connectivity index (χ2v) is 7.81. The van der Waals surface area contributed by atoms with E-state index in [1.807, 2.05) is 16.9 Å². The first kappa shape index (κ1) is 15.8. The number of likely N-dealkylation sites (tertiary alicyclic amines) is 1. The van der Waals surface area contributed by atoms with Crippen LogP contribution in [0.25, 0.3) is 16.8 Å². The van der Waals surface area contributed by atoms with Gasteiger partial charge in [-0.15, -0.1) is 0 Å². The standard InChI is InChI=1S/C18H18ClN7/c19-16-10-25-15(3-6-21-25)17(23-16)14-7-22-26(9-14)18(4-5-20)11-24(12-18)8-13-1-2-13/h3,6-7,9-10,13H,1-2,4,8,11-12H2. The van der Waals surface area contributed by atoms with Crippen molar-refractivity contribution >= 4 is 17.1 Å². The fourth-order valence-corrected chi connectivity index (χ4v) is 4.06. The number of halogens is 1. The van der Waals surface area contributed by atoms with E-state index >= 15 is 0 Å². The lowest BCUT2D eigenvalue weighted by molar-refractivity contribution is 0.00218. The highest BCUT2D eigenvalue weighted by Gasteiger charge is 2.46. The van der Waals surface area contributed by atoms with Gasteiger partial charge in [0.2, 0.25) is 0 Å². The Balaban J connectivity index is 1.47. The third-order valence-electron chi connectivity index (χ3n) is 5.36. The minimum absolute atomic E-state index is 0.239. The van der Waals surface area contributed by atoms with Gasteiger partial charge in [0.25, 0.3) is 0 Å². The molecule has 2 fully saturated rings. The maximum absolute atomic E-state index is 9.33. The molecule has 0 radical (unpaired) electrons. The summed E-state index contributed by atoms with van der Waals surface area (Å²) >= 11 is 6.14. The first-order valence-corrected chi connectivity index (χ1v) is 9.19. The zero-order chi connectivity index (χ0) is 17.7. The smallest absolute Gasteiger partial charge is 0.148 e. The molecule has 0 atom stereocenters. The van der Waals surface area contributed by atoms with Gasteiger partial charge in [-0.1, -0.05) is 11.6 Å². The molecule has 4 heterocycles. The van der Waals surface area contributed by atoms with Gasteiger partial charge < -0.3 is 0 Å². The number of fused-ring (bicyclic) bond motifs is 1. The lowest BCUT2D eigenvalue weighted by Gasteiger charge is -2.49. The van der Waals surface area contributed by atoms with Crippen molar-refractivity contribution in [2.45, 2.75) is 24.8 Å². The van der Waals surface area contributed by atoms with Crippen LogP contribution in [0.5, 0.6) is 0 Å². The Labute approximate surface area is 155 Å². The summed E-state index contributed by atoms with van der Waals surface area (Å²) in [6, 6.07) is 4.25. The van der Waals surface area contributed by atoms with Gasteiger partial charge in [0.05, 0.1) is 36.6 Å². The molecule has 1 saturated carbocycles. The summed E-state index contributed by atoms with van der Waals surface area (Å²) < 4.78 is 3.66. The lowest BCUT2D eigenvalue weighted by Crippen LogP contribution is -2.62. The van der Waals surface area contributed by atoms with Crippen LogP contribution in [0.2, 0.25) is 5.15 Å². The van der Waals surface area contributed by atoms with Gasteiger partial charge in [-0.3, -0.25) is 9.58 Å². The molecular formula is C18H18ClN7. The van der Waals surface area contributed by atoms with Crippen molar-refractivity contribution < 1.29 is 0 Å². The molecule has 0 spiro atoms. The van der Waals surface area contributed by atoms with E-state index in [1.165, 1.54) is 12.8 Å². The number of hydrogen-bond donors (Lipinski definition) is 0. The number of nitriles is 1. The number of rotatable bonds is 5. The van der Waals surface area contributed by atoms with Crippen molar-refractivity contribution in [1.82, 2.24) is 29.3 Å². The Kier molecular flexibility index (Phi) is 3.52. The van der Waals surface area contributed by atoms with Crippen LogP contribution < -0.4 is 0 Å². The van der Waals surface area contributed by atoms with Crippen molar-refractivity contribution in [3.63, 3.8) is 0 Å². The number of aromatic nitrogens is 5. The maximum Gasteiger partial charge on any atom is 0.148 e. The molecule has 0 N–H and O–H groups in total. The molecular weight excluding hydrogens is 350 g/mol. The molecule has 26 heavy (non-hydrogen) atoms. The zero-order valence-electron chi connectivity index (χ0n) is 14.2. The Hall–Kier alpha value is -2.43. The van der Waals surface area contributed by atoms with E-state index in [1.54, 1.807) is 23.1 Å². The molecule has 3 aromatic heterocycles. The second-order valence-electron chi connectivity index (χ2n) is 7.42. The molecule has 2 aliphatic rings. The van der Waals surface area contributed by atoms with Crippen molar-refractivity contribution in [2.75, 3.05) is 19.6 Å². The predicted octanol–water partition coefficient (Wildman–Crippen LogP) is 2.58. The Morgan fingerprint density at radius 2 is 2.12 bits per heavy atom. The summed E-state index contributed by atoms with van der Waals surface area (Å²) in [5.41, 5.74) is 2.28. The van der Waals surface area contributed by atoms with Gasteiger partial charge >= 0.3 is 0 Å². The van der Waals surface area contributed by atoms with Crippen LogP contribution in [0.4, 0.5) is 0 Å². The van der Waals surface area contributed by atoms with Gasteiger partial charge in [0, 0.05) is 31.4 Å². The molecule has 0 unspecified atom stereocenters. The van der Waals surface area contributed by atoms with Crippen molar-refractivity contribution in [3.8, 4) is 17.3 Å². The fourth-order valence-electron chi connectivity index (χ4n) is 3.88. The SMILES string of the molecule is N#CCC1(n2cc(-c3nc(Cl)cn4nccc34)cn2)CN(CC2CC2)C1. The fraction of sp³-hybridized carbons (Fsp3) is 0.444. The summed E-state index contributed by atoms with van der Waals surface area (Å²) in [6.07, 6.45) is 10.3. The van der Waals surface area contributed by atoms with Crippen LogP contribution in [0, 0.1) is 17.2 Å². The molecule has 8 heteroatoms. The number of nitrogens with zero attached hydrogens (tertiary/aromatic N) is 7. The molecule has 1 aliphatic heterocycles. The minimum Gasteiger partial charge on any atom is -0.298 e. The van der Waals surface area contributed by atoms with Gasteiger partial charge in [-0.2, -0.15) is 15.5 Å². The summed E-state index contributed by atoms with van der Waals surface area (Å²) in [5.74, 6) is 0.856. The van der Waals surface area contributed by atoms with E-state index < -0.39 is 0 Å².